The molecule has 4 rings (SSSR count). The summed E-state index contributed by atoms with van der Waals surface area (Å²) in [6.07, 6.45) is 2.33. The summed E-state index contributed by atoms with van der Waals surface area (Å²) in [5.74, 6) is 0.781. The molecule has 0 fully saturated rings. The van der Waals surface area contributed by atoms with Crippen molar-refractivity contribution < 1.29 is 14.3 Å². The molecule has 5 nitrogen and oxygen atoms in total. The molecular formula is C26H26N2O3. The van der Waals surface area contributed by atoms with E-state index in [1.54, 1.807) is 14.2 Å². The van der Waals surface area contributed by atoms with Crippen molar-refractivity contribution in [3.8, 4) is 11.5 Å². The zero-order valence-corrected chi connectivity index (χ0v) is 17.7. The van der Waals surface area contributed by atoms with E-state index in [9.17, 15) is 4.79 Å². The molecule has 2 N–H and O–H groups in total. The molecule has 0 saturated heterocycles. The minimum Gasteiger partial charge on any atom is -0.497 e. The summed E-state index contributed by atoms with van der Waals surface area (Å²) in [4.78, 5) is 12.1. The zero-order valence-electron chi connectivity index (χ0n) is 17.7. The van der Waals surface area contributed by atoms with Crippen molar-refractivity contribution >= 4 is 16.8 Å². The Morgan fingerprint density at radius 1 is 0.935 bits per heavy atom. The Bertz CT molecular complexity index is 1180. The maximum atomic E-state index is 12.1. The number of hydrogen-bond acceptors (Lipinski definition) is 3. The number of rotatable bonds is 8. The maximum absolute atomic E-state index is 12.1. The van der Waals surface area contributed by atoms with Gasteiger partial charge in [0.05, 0.1) is 14.2 Å². The molecular weight excluding hydrogens is 388 g/mol. The van der Waals surface area contributed by atoms with Crippen molar-refractivity contribution in [3.63, 3.8) is 0 Å². The van der Waals surface area contributed by atoms with Crippen molar-refractivity contribution in [1.82, 2.24) is 4.57 Å². The fraction of sp³-hybridized carbons (Fsp3) is 0.192. The Kier molecular flexibility index (Phi) is 5.94. The molecule has 31 heavy (non-hydrogen) atoms. The Labute approximate surface area is 182 Å². The molecule has 1 aromatic heterocycles. The van der Waals surface area contributed by atoms with E-state index in [0.29, 0.717) is 11.5 Å². The molecule has 1 unspecified atom stereocenters. The smallest absolute Gasteiger partial charge is 0.218 e. The number of benzene rings is 3. The summed E-state index contributed by atoms with van der Waals surface area (Å²) in [6, 6.07) is 24.3. The lowest BCUT2D eigenvalue weighted by Gasteiger charge is -2.18. The Morgan fingerprint density at radius 2 is 1.58 bits per heavy atom. The molecule has 1 heterocycles. The van der Waals surface area contributed by atoms with Crippen molar-refractivity contribution in [2.24, 2.45) is 5.73 Å². The predicted octanol–water partition coefficient (Wildman–Crippen LogP) is 4.71. The average molecular weight is 415 g/mol. The molecule has 0 aliphatic carbocycles. The summed E-state index contributed by atoms with van der Waals surface area (Å²) in [5, 5.41) is 1.10. The predicted molar refractivity (Wildman–Crippen MR) is 123 cm³/mol. The van der Waals surface area contributed by atoms with Crippen LogP contribution < -0.4 is 15.2 Å². The number of carbonyl (C=O) groups is 1. The summed E-state index contributed by atoms with van der Waals surface area (Å²) in [6.45, 7) is 0.742. The monoisotopic (exact) mass is 414 g/mol. The van der Waals surface area contributed by atoms with Crippen LogP contribution in [-0.2, 0) is 11.3 Å². The summed E-state index contributed by atoms with van der Waals surface area (Å²) in [7, 11) is 3.24. The van der Waals surface area contributed by atoms with E-state index < -0.39 is 0 Å². The topological polar surface area (TPSA) is 66.5 Å². The van der Waals surface area contributed by atoms with Gasteiger partial charge in [0.2, 0.25) is 5.91 Å². The first-order chi connectivity index (χ1) is 15.1. The molecule has 3 aromatic carbocycles. The minimum absolute atomic E-state index is 0.190. The summed E-state index contributed by atoms with van der Waals surface area (Å²) < 4.78 is 13.1. The van der Waals surface area contributed by atoms with E-state index in [2.05, 4.69) is 35.0 Å². The van der Waals surface area contributed by atoms with Gasteiger partial charge in [0.25, 0.3) is 0 Å². The summed E-state index contributed by atoms with van der Waals surface area (Å²) >= 11 is 0. The van der Waals surface area contributed by atoms with Crippen LogP contribution in [-0.4, -0.2) is 24.7 Å². The SMILES string of the molecule is COc1cc(OC)cc(C(CC(N)=O)c2cn(Cc3ccccc3)c3ccccc23)c1. The van der Waals surface area contributed by atoms with Crippen LogP contribution in [0.25, 0.3) is 10.9 Å². The molecule has 0 aliphatic rings. The molecule has 158 valence electrons. The highest BCUT2D eigenvalue weighted by Gasteiger charge is 2.23. The number of nitrogens with two attached hydrogens (primary N) is 1. The molecule has 5 heteroatoms. The van der Waals surface area contributed by atoms with Gasteiger partial charge < -0.3 is 19.8 Å². The molecule has 0 aliphatic heterocycles. The van der Waals surface area contributed by atoms with Crippen molar-refractivity contribution in [2.75, 3.05) is 14.2 Å². The number of fused-ring (bicyclic) bond motifs is 1. The van der Waals surface area contributed by atoms with Crippen molar-refractivity contribution in [3.05, 3.63) is 95.7 Å². The number of para-hydroxylation sites is 1. The number of carbonyl (C=O) groups excluding carboxylic acids is 1. The van der Waals surface area contributed by atoms with E-state index in [1.807, 2.05) is 48.5 Å². The molecule has 1 amide bonds. The van der Waals surface area contributed by atoms with Crippen LogP contribution in [0.15, 0.2) is 79.0 Å². The van der Waals surface area contributed by atoms with E-state index in [-0.39, 0.29) is 18.2 Å². The number of primary amides is 1. The number of hydrogen-bond donors (Lipinski definition) is 1. The zero-order chi connectivity index (χ0) is 21.8. The Hall–Kier alpha value is -3.73. The molecule has 1 atom stereocenters. The van der Waals surface area contributed by atoms with Crippen molar-refractivity contribution in [2.45, 2.75) is 18.9 Å². The molecule has 0 spiro atoms. The second-order valence-corrected chi connectivity index (χ2v) is 7.58. The second kappa shape index (κ2) is 8.96. The van der Waals surface area contributed by atoms with Crippen molar-refractivity contribution in [1.29, 1.82) is 0 Å². The fourth-order valence-corrected chi connectivity index (χ4v) is 4.10. The van der Waals surface area contributed by atoms with Crippen LogP contribution in [0.2, 0.25) is 0 Å². The second-order valence-electron chi connectivity index (χ2n) is 7.58. The molecule has 0 radical (unpaired) electrons. The lowest BCUT2D eigenvalue weighted by molar-refractivity contribution is -0.118. The van der Waals surface area contributed by atoms with Gasteiger partial charge in [0.15, 0.2) is 0 Å². The Morgan fingerprint density at radius 3 is 2.23 bits per heavy atom. The quantitative estimate of drug-likeness (QED) is 0.454. The van der Waals surface area contributed by atoms with E-state index >= 15 is 0 Å². The van der Waals surface area contributed by atoms with Gasteiger partial charge in [-0.1, -0.05) is 48.5 Å². The van der Waals surface area contributed by atoms with Gasteiger partial charge >= 0.3 is 0 Å². The van der Waals surface area contributed by atoms with Gasteiger partial charge in [-0.15, -0.1) is 0 Å². The highest BCUT2D eigenvalue weighted by atomic mass is 16.5. The Balaban J connectivity index is 1.86. The first-order valence-corrected chi connectivity index (χ1v) is 10.2. The van der Waals surface area contributed by atoms with Gasteiger partial charge in [0, 0.05) is 42.0 Å². The first kappa shape index (κ1) is 20.5. The van der Waals surface area contributed by atoms with Crippen LogP contribution in [0.3, 0.4) is 0 Å². The van der Waals surface area contributed by atoms with Gasteiger partial charge in [-0.2, -0.15) is 0 Å². The third-order valence-corrected chi connectivity index (χ3v) is 5.57. The van der Waals surface area contributed by atoms with Crippen LogP contribution >= 0.6 is 0 Å². The van der Waals surface area contributed by atoms with Crippen LogP contribution in [0.5, 0.6) is 11.5 Å². The standard InChI is InChI=1S/C26H26N2O3/c1-30-20-12-19(13-21(14-20)31-2)23(15-26(27)29)24-17-28(16-18-8-4-3-5-9-18)25-11-7-6-10-22(24)25/h3-14,17,23H,15-16H2,1-2H3,(H2,27,29). The maximum Gasteiger partial charge on any atom is 0.218 e. The normalized spacial score (nSPS) is 11.9. The lowest BCUT2D eigenvalue weighted by atomic mass is 9.87. The third-order valence-electron chi connectivity index (χ3n) is 5.57. The minimum atomic E-state index is -0.355. The van der Waals surface area contributed by atoms with E-state index in [1.165, 1.54) is 5.56 Å². The third kappa shape index (κ3) is 4.40. The van der Waals surface area contributed by atoms with Gasteiger partial charge in [-0.3, -0.25) is 4.79 Å². The number of ether oxygens (including phenoxy) is 2. The largest absolute Gasteiger partial charge is 0.497 e. The van der Waals surface area contributed by atoms with Gasteiger partial charge in [0.1, 0.15) is 11.5 Å². The first-order valence-electron chi connectivity index (χ1n) is 10.2. The van der Waals surface area contributed by atoms with E-state index in [4.69, 9.17) is 15.2 Å². The summed E-state index contributed by atoms with van der Waals surface area (Å²) in [5.41, 5.74) is 9.99. The highest BCUT2D eigenvalue weighted by molar-refractivity contribution is 5.86. The molecule has 4 aromatic rings. The fourth-order valence-electron chi connectivity index (χ4n) is 4.10. The van der Waals surface area contributed by atoms with Crippen LogP contribution in [0.1, 0.15) is 29.0 Å². The number of nitrogens with zero attached hydrogens (tertiary/aromatic N) is 1. The lowest BCUT2D eigenvalue weighted by Crippen LogP contribution is -2.16. The molecule has 0 bridgehead atoms. The number of amides is 1. The number of methoxy groups -OCH3 is 2. The average Bonchev–Trinajstić information content (AvgIpc) is 3.15. The van der Waals surface area contributed by atoms with Crippen LogP contribution in [0, 0.1) is 0 Å². The van der Waals surface area contributed by atoms with E-state index in [0.717, 1.165) is 28.6 Å². The highest BCUT2D eigenvalue weighted by Crippen LogP contribution is 2.38. The van der Waals surface area contributed by atoms with Gasteiger partial charge in [-0.25, -0.2) is 0 Å². The van der Waals surface area contributed by atoms with Gasteiger partial charge in [-0.05, 0) is 34.9 Å². The molecule has 0 saturated carbocycles. The van der Waals surface area contributed by atoms with Crippen LogP contribution in [0.4, 0.5) is 0 Å². The number of aromatic nitrogens is 1.